The van der Waals surface area contributed by atoms with E-state index in [0.29, 0.717) is 0 Å². The maximum absolute atomic E-state index is 12.7. The molecule has 2 nitrogen and oxygen atoms in total. The summed E-state index contributed by atoms with van der Waals surface area (Å²) in [5.74, 6) is 0. The average Bonchev–Trinajstić information content (AvgIpc) is 2.17. The number of halogens is 4. The van der Waals surface area contributed by atoms with Crippen molar-refractivity contribution < 1.29 is 18.0 Å². The van der Waals surface area contributed by atoms with E-state index in [1.165, 1.54) is 24.3 Å². The minimum absolute atomic E-state index is 0.310. The topological polar surface area (TPSA) is 29.4 Å². The third-order valence-electron chi connectivity index (χ3n) is 2.01. The van der Waals surface area contributed by atoms with E-state index < -0.39 is 11.2 Å². The van der Waals surface area contributed by atoms with Crippen LogP contribution in [0.25, 0.3) is 0 Å². The lowest BCUT2D eigenvalue weighted by Crippen LogP contribution is -2.35. The highest BCUT2D eigenvalue weighted by Gasteiger charge is 2.55. The second-order valence-corrected chi connectivity index (χ2v) is 3.74. The van der Waals surface area contributed by atoms with E-state index in [1.807, 2.05) is 0 Å². The Hall–Kier alpha value is -1.32. The summed E-state index contributed by atoms with van der Waals surface area (Å²) < 4.78 is 38.0. The fourth-order valence-electron chi connectivity index (χ4n) is 1.13. The minimum atomic E-state index is -4.86. The maximum atomic E-state index is 12.7. The molecule has 86 valence electrons. The summed E-state index contributed by atoms with van der Waals surface area (Å²) in [6.07, 6.45) is -4.01. The van der Waals surface area contributed by atoms with E-state index in [-0.39, 0.29) is 5.56 Å². The molecule has 1 aromatic rings. The molecule has 0 spiro atoms. The largest absolute Gasteiger partial charge is 0.432 e. The standard InChI is InChI=1S/C10H7ClF3NO/c1-7-2-4-8(5-3-7)9(11,15-6-16)10(12,13)14/h2-5H,1H3. The highest BCUT2D eigenvalue weighted by Crippen LogP contribution is 2.45. The van der Waals surface area contributed by atoms with Gasteiger partial charge in [0.15, 0.2) is 0 Å². The van der Waals surface area contributed by atoms with E-state index in [4.69, 9.17) is 11.6 Å². The Morgan fingerprint density at radius 3 is 2.12 bits per heavy atom. The van der Waals surface area contributed by atoms with Gasteiger partial charge in [-0.1, -0.05) is 41.4 Å². The average molecular weight is 250 g/mol. The molecule has 1 atom stereocenters. The zero-order valence-corrected chi connectivity index (χ0v) is 8.93. The first kappa shape index (κ1) is 12.7. The Labute approximate surface area is 94.7 Å². The van der Waals surface area contributed by atoms with Crippen LogP contribution in [0.1, 0.15) is 11.1 Å². The molecule has 0 N–H and O–H groups in total. The van der Waals surface area contributed by atoms with Crippen molar-refractivity contribution in [1.29, 1.82) is 0 Å². The van der Waals surface area contributed by atoms with Crippen molar-refractivity contribution in [3.63, 3.8) is 0 Å². The number of benzene rings is 1. The molecular weight excluding hydrogens is 243 g/mol. The summed E-state index contributed by atoms with van der Waals surface area (Å²) in [4.78, 5) is 9.64. The molecule has 0 saturated heterocycles. The van der Waals surface area contributed by atoms with Crippen LogP contribution in [0, 0.1) is 6.92 Å². The Balaban J connectivity index is 3.33. The fraction of sp³-hybridized carbons (Fsp3) is 0.300. The normalized spacial score (nSPS) is 15.1. The molecule has 0 aliphatic rings. The predicted octanol–water partition coefficient (Wildman–Crippen LogP) is 3.28. The lowest BCUT2D eigenvalue weighted by Gasteiger charge is -2.24. The van der Waals surface area contributed by atoms with Crippen molar-refractivity contribution in [3.05, 3.63) is 35.4 Å². The van der Waals surface area contributed by atoms with Gasteiger partial charge in [-0.05, 0) is 6.92 Å². The van der Waals surface area contributed by atoms with Crippen molar-refractivity contribution in [2.45, 2.75) is 18.1 Å². The molecule has 0 aliphatic heterocycles. The molecule has 0 saturated carbocycles. The number of carbonyl (C=O) groups excluding carboxylic acids is 1. The number of aryl methyl sites for hydroxylation is 1. The van der Waals surface area contributed by atoms with Crippen LogP contribution in [0.5, 0.6) is 0 Å². The first-order valence-corrected chi connectivity index (χ1v) is 4.61. The summed E-state index contributed by atoms with van der Waals surface area (Å²) in [5.41, 5.74) is 0.468. The first-order chi connectivity index (χ1) is 7.31. The number of isocyanates is 1. The first-order valence-electron chi connectivity index (χ1n) is 4.23. The number of rotatable bonds is 2. The van der Waals surface area contributed by atoms with Gasteiger partial charge in [0, 0.05) is 5.56 Å². The lowest BCUT2D eigenvalue weighted by atomic mass is 10.0. The zero-order valence-electron chi connectivity index (χ0n) is 8.18. The molecule has 1 aromatic carbocycles. The summed E-state index contributed by atoms with van der Waals surface area (Å²) in [5, 5.41) is 0. The van der Waals surface area contributed by atoms with E-state index >= 15 is 0 Å². The highest BCUT2D eigenvalue weighted by molar-refractivity contribution is 6.24. The molecule has 0 aromatic heterocycles. The Morgan fingerprint density at radius 1 is 1.25 bits per heavy atom. The van der Waals surface area contributed by atoms with Gasteiger partial charge in [-0.15, -0.1) is 0 Å². The van der Waals surface area contributed by atoms with Crippen molar-refractivity contribution in [1.82, 2.24) is 0 Å². The molecule has 0 aliphatic carbocycles. The van der Waals surface area contributed by atoms with Gasteiger partial charge in [0.1, 0.15) is 0 Å². The van der Waals surface area contributed by atoms with Crippen LogP contribution in [-0.2, 0) is 9.79 Å². The van der Waals surface area contributed by atoms with Crippen molar-refractivity contribution >= 4 is 17.7 Å². The Bertz CT molecular complexity index is 423. The van der Waals surface area contributed by atoms with Crippen LogP contribution in [0.3, 0.4) is 0 Å². The molecule has 0 amide bonds. The van der Waals surface area contributed by atoms with Gasteiger partial charge in [-0.3, -0.25) is 0 Å². The van der Waals surface area contributed by atoms with Gasteiger partial charge in [0.2, 0.25) is 6.08 Å². The predicted molar refractivity (Wildman–Crippen MR) is 52.9 cm³/mol. The van der Waals surface area contributed by atoms with E-state index in [1.54, 1.807) is 6.92 Å². The van der Waals surface area contributed by atoms with E-state index in [0.717, 1.165) is 11.6 Å². The minimum Gasteiger partial charge on any atom is -0.211 e. The van der Waals surface area contributed by atoms with Crippen molar-refractivity contribution in [3.8, 4) is 0 Å². The van der Waals surface area contributed by atoms with E-state index in [9.17, 15) is 18.0 Å². The number of hydrogen-bond donors (Lipinski definition) is 0. The van der Waals surface area contributed by atoms with Crippen LogP contribution in [0.4, 0.5) is 13.2 Å². The molecular formula is C10H7ClF3NO. The number of hydrogen-bond acceptors (Lipinski definition) is 2. The zero-order chi connectivity index (χ0) is 12.4. The second kappa shape index (κ2) is 4.28. The Kier molecular flexibility index (Phi) is 3.41. The van der Waals surface area contributed by atoms with Gasteiger partial charge in [-0.2, -0.15) is 18.2 Å². The summed E-state index contributed by atoms with van der Waals surface area (Å²) in [7, 11) is 0. The number of alkyl halides is 4. The summed E-state index contributed by atoms with van der Waals surface area (Å²) >= 11 is 5.34. The number of nitrogens with zero attached hydrogens (tertiary/aromatic N) is 1. The van der Waals surface area contributed by atoms with Crippen molar-refractivity contribution in [2.75, 3.05) is 0 Å². The van der Waals surface area contributed by atoms with Crippen molar-refractivity contribution in [2.24, 2.45) is 4.99 Å². The molecule has 6 heteroatoms. The number of aliphatic imine (C=N–C) groups is 1. The summed E-state index contributed by atoms with van der Waals surface area (Å²) in [6.45, 7) is 1.72. The molecule has 16 heavy (non-hydrogen) atoms. The molecule has 1 unspecified atom stereocenters. The third-order valence-corrected chi connectivity index (χ3v) is 2.53. The highest BCUT2D eigenvalue weighted by atomic mass is 35.5. The van der Waals surface area contributed by atoms with Crippen LogP contribution >= 0.6 is 11.6 Å². The SMILES string of the molecule is Cc1ccc(C(Cl)(N=C=O)C(F)(F)F)cc1. The van der Waals surface area contributed by atoms with Gasteiger partial charge < -0.3 is 0 Å². The molecule has 0 fully saturated rings. The fourth-order valence-corrected chi connectivity index (χ4v) is 1.29. The molecule has 0 bridgehead atoms. The lowest BCUT2D eigenvalue weighted by molar-refractivity contribution is -0.162. The van der Waals surface area contributed by atoms with Gasteiger partial charge in [0.25, 0.3) is 5.00 Å². The van der Waals surface area contributed by atoms with Gasteiger partial charge in [-0.25, -0.2) is 4.79 Å². The van der Waals surface area contributed by atoms with Crippen LogP contribution in [0.2, 0.25) is 0 Å². The van der Waals surface area contributed by atoms with E-state index in [2.05, 4.69) is 4.99 Å². The quantitative estimate of drug-likeness (QED) is 0.342. The summed E-state index contributed by atoms with van der Waals surface area (Å²) in [6, 6.07) is 5.27. The van der Waals surface area contributed by atoms with Crippen LogP contribution in [-0.4, -0.2) is 12.3 Å². The second-order valence-electron chi connectivity index (χ2n) is 3.19. The maximum Gasteiger partial charge on any atom is 0.432 e. The van der Waals surface area contributed by atoms with Crippen LogP contribution in [0.15, 0.2) is 29.3 Å². The Morgan fingerprint density at radius 2 is 1.75 bits per heavy atom. The third kappa shape index (κ3) is 2.26. The smallest absolute Gasteiger partial charge is 0.211 e. The van der Waals surface area contributed by atoms with Gasteiger partial charge in [0.05, 0.1) is 0 Å². The monoisotopic (exact) mass is 249 g/mol. The van der Waals surface area contributed by atoms with Crippen LogP contribution < -0.4 is 0 Å². The molecule has 0 radical (unpaired) electrons. The molecule has 0 heterocycles. The van der Waals surface area contributed by atoms with Gasteiger partial charge >= 0.3 is 6.18 Å². The molecule has 1 rings (SSSR count).